The molecule has 14 heavy (non-hydrogen) atoms. The quantitative estimate of drug-likeness (QED) is 0.624. The molecule has 0 radical (unpaired) electrons. The van der Waals surface area contributed by atoms with Gasteiger partial charge in [-0.05, 0) is 34.9 Å². The van der Waals surface area contributed by atoms with Crippen LogP contribution in [0.25, 0.3) is 0 Å². The Balaban J connectivity index is 3.14. The van der Waals surface area contributed by atoms with Crippen molar-refractivity contribution >= 4 is 34.2 Å². The number of hydrogen-bond donors (Lipinski definition) is 0. The second-order valence-electron chi connectivity index (χ2n) is 3.53. The van der Waals surface area contributed by atoms with Gasteiger partial charge < -0.3 is 0 Å². The van der Waals surface area contributed by atoms with E-state index in [2.05, 4.69) is 53.3 Å². The molecule has 0 aromatic carbocycles. The number of aryl methyl sites for hydroxylation is 1. The summed E-state index contributed by atoms with van der Waals surface area (Å²) in [5.74, 6) is 1.26. The molecule has 0 aliphatic heterocycles. The van der Waals surface area contributed by atoms with E-state index in [0.29, 0.717) is 11.1 Å². The van der Waals surface area contributed by atoms with Gasteiger partial charge in [-0.3, -0.25) is 0 Å². The van der Waals surface area contributed by atoms with E-state index in [1.807, 2.05) is 0 Å². The van der Waals surface area contributed by atoms with Crippen LogP contribution in [0.1, 0.15) is 44.6 Å². The number of rotatable bonds is 3. The Morgan fingerprint density at radius 2 is 2.00 bits per heavy atom. The zero-order chi connectivity index (χ0) is 10.7. The lowest BCUT2D eigenvalue weighted by Crippen LogP contribution is -2.04. The SMILES string of the molecule is CCCc1nc(Cl)c(I)c(C(C)C)n1. The minimum absolute atomic E-state index is 0.401. The van der Waals surface area contributed by atoms with Gasteiger partial charge in [0.15, 0.2) is 0 Å². The maximum absolute atomic E-state index is 6.04. The molecular weight excluding hydrogens is 310 g/mol. The molecule has 0 atom stereocenters. The van der Waals surface area contributed by atoms with Crippen molar-refractivity contribution in [1.29, 1.82) is 0 Å². The average Bonchev–Trinajstić information content (AvgIpc) is 2.11. The van der Waals surface area contributed by atoms with Gasteiger partial charge in [0.25, 0.3) is 0 Å². The highest BCUT2D eigenvalue weighted by Crippen LogP contribution is 2.24. The largest absolute Gasteiger partial charge is 0.236 e. The maximum atomic E-state index is 6.04. The highest BCUT2D eigenvalue weighted by Gasteiger charge is 2.12. The minimum atomic E-state index is 0.401. The van der Waals surface area contributed by atoms with E-state index < -0.39 is 0 Å². The normalized spacial score (nSPS) is 11.0. The lowest BCUT2D eigenvalue weighted by atomic mass is 10.1. The summed E-state index contributed by atoms with van der Waals surface area (Å²) in [6.45, 7) is 6.36. The van der Waals surface area contributed by atoms with Gasteiger partial charge in [-0.1, -0.05) is 32.4 Å². The first kappa shape index (κ1) is 12.2. The third-order valence-electron chi connectivity index (χ3n) is 1.90. The molecule has 1 heterocycles. The van der Waals surface area contributed by atoms with Crippen LogP contribution in [0.5, 0.6) is 0 Å². The van der Waals surface area contributed by atoms with Crippen LogP contribution in [-0.2, 0) is 6.42 Å². The second kappa shape index (κ2) is 5.26. The van der Waals surface area contributed by atoms with Crippen molar-refractivity contribution in [3.63, 3.8) is 0 Å². The van der Waals surface area contributed by atoms with Crippen LogP contribution >= 0.6 is 34.2 Å². The standard InChI is InChI=1S/C10H14ClIN2/c1-4-5-7-13-9(6(2)3)8(12)10(11)14-7/h6H,4-5H2,1-3H3. The van der Waals surface area contributed by atoms with Gasteiger partial charge in [0.1, 0.15) is 11.0 Å². The van der Waals surface area contributed by atoms with Crippen molar-refractivity contribution in [2.24, 2.45) is 0 Å². The van der Waals surface area contributed by atoms with Gasteiger partial charge in [-0.25, -0.2) is 9.97 Å². The monoisotopic (exact) mass is 324 g/mol. The third-order valence-corrected chi connectivity index (χ3v) is 3.56. The average molecular weight is 325 g/mol. The molecule has 0 fully saturated rings. The zero-order valence-corrected chi connectivity index (χ0v) is 11.6. The fourth-order valence-electron chi connectivity index (χ4n) is 1.20. The van der Waals surface area contributed by atoms with Gasteiger partial charge in [-0.2, -0.15) is 0 Å². The molecule has 0 amide bonds. The summed E-state index contributed by atoms with van der Waals surface area (Å²) in [5.41, 5.74) is 1.06. The van der Waals surface area contributed by atoms with Crippen molar-refractivity contribution < 1.29 is 0 Å². The molecule has 0 saturated carbocycles. The first-order chi connectivity index (χ1) is 6.56. The van der Waals surface area contributed by atoms with E-state index in [-0.39, 0.29) is 0 Å². The Hall–Kier alpha value is 0.1000. The molecule has 0 bridgehead atoms. The topological polar surface area (TPSA) is 25.8 Å². The van der Waals surface area contributed by atoms with Gasteiger partial charge in [0, 0.05) is 6.42 Å². The number of aromatic nitrogens is 2. The van der Waals surface area contributed by atoms with Crippen molar-refractivity contribution in [3.05, 3.63) is 20.2 Å². The molecule has 1 aromatic heterocycles. The number of nitrogens with zero attached hydrogens (tertiary/aromatic N) is 2. The fraction of sp³-hybridized carbons (Fsp3) is 0.600. The van der Waals surface area contributed by atoms with Gasteiger partial charge >= 0.3 is 0 Å². The summed E-state index contributed by atoms with van der Waals surface area (Å²) in [5, 5.41) is 0.591. The highest BCUT2D eigenvalue weighted by molar-refractivity contribution is 14.1. The predicted molar refractivity (Wildman–Crippen MR) is 67.8 cm³/mol. The molecule has 0 N–H and O–H groups in total. The van der Waals surface area contributed by atoms with E-state index in [9.17, 15) is 0 Å². The van der Waals surface area contributed by atoms with Crippen LogP contribution in [-0.4, -0.2) is 9.97 Å². The molecule has 0 unspecified atom stereocenters. The molecule has 0 saturated heterocycles. The molecule has 1 rings (SSSR count). The fourth-order valence-corrected chi connectivity index (χ4v) is 2.26. The van der Waals surface area contributed by atoms with E-state index in [1.165, 1.54) is 0 Å². The summed E-state index contributed by atoms with van der Waals surface area (Å²) in [4.78, 5) is 8.77. The Morgan fingerprint density at radius 1 is 1.36 bits per heavy atom. The lowest BCUT2D eigenvalue weighted by molar-refractivity contribution is 0.756. The summed E-state index contributed by atoms with van der Waals surface area (Å²) in [6, 6.07) is 0. The molecular formula is C10H14ClIN2. The van der Waals surface area contributed by atoms with Crippen LogP contribution < -0.4 is 0 Å². The van der Waals surface area contributed by atoms with Crippen LogP contribution in [0.4, 0.5) is 0 Å². The lowest BCUT2D eigenvalue weighted by Gasteiger charge is -2.10. The number of hydrogen-bond acceptors (Lipinski definition) is 2. The summed E-state index contributed by atoms with van der Waals surface area (Å²) >= 11 is 8.25. The van der Waals surface area contributed by atoms with E-state index >= 15 is 0 Å². The Bertz CT molecular complexity index is 326. The molecule has 0 aliphatic carbocycles. The highest BCUT2D eigenvalue weighted by atomic mass is 127. The molecule has 2 nitrogen and oxygen atoms in total. The minimum Gasteiger partial charge on any atom is -0.236 e. The molecule has 0 spiro atoms. The van der Waals surface area contributed by atoms with Crippen molar-refractivity contribution in [3.8, 4) is 0 Å². The summed E-state index contributed by atoms with van der Waals surface area (Å²) < 4.78 is 0.985. The van der Waals surface area contributed by atoms with Crippen molar-refractivity contribution in [2.75, 3.05) is 0 Å². The summed E-state index contributed by atoms with van der Waals surface area (Å²) in [7, 11) is 0. The molecule has 78 valence electrons. The van der Waals surface area contributed by atoms with Crippen LogP contribution in [0.2, 0.25) is 5.15 Å². The predicted octanol–water partition coefficient (Wildman–Crippen LogP) is 3.81. The maximum Gasteiger partial charge on any atom is 0.146 e. The van der Waals surface area contributed by atoms with Crippen molar-refractivity contribution in [1.82, 2.24) is 9.97 Å². The van der Waals surface area contributed by atoms with Gasteiger partial charge in [-0.15, -0.1) is 0 Å². The smallest absolute Gasteiger partial charge is 0.146 e. The first-order valence-corrected chi connectivity index (χ1v) is 6.23. The third kappa shape index (κ3) is 2.79. The Kier molecular flexibility index (Phi) is 4.57. The first-order valence-electron chi connectivity index (χ1n) is 4.78. The molecule has 1 aromatic rings. The molecule has 4 heteroatoms. The van der Waals surface area contributed by atoms with Crippen molar-refractivity contribution in [2.45, 2.75) is 39.5 Å². The zero-order valence-electron chi connectivity index (χ0n) is 8.64. The van der Waals surface area contributed by atoms with E-state index in [1.54, 1.807) is 0 Å². The van der Waals surface area contributed by atoms with Crippen LogP contribution in [0.15, 0.2) is 0 Å². The van der Waals surface area contributed by atoms with Gasteiger partial charge in [0.05, 0.1) is 9.26 Å². The van der Waals surface area contributed by atoms with Gasteiger partial charge in [0.2, 0.25) is 0 Å². The summed E-state index contributed by atoms with van der Waals surface area (Å²) in [6.07, 6.45) is 1.95. The Morgan fingerprint density at radius 3 is 2.50 bits per heavy atom. The Labute approximate surface area is 104 Å². The van der Waals surface area contributed by atoms with Crippen LogP contribution in [0, 0.1) is 3.57 Å². The number of halogens is 2. The second-order valence-corrected chi connectivity index (χ2v) is 4.97. The van der Waals surface area contributed by atoms with Crippen LogP contribution in [0.3, 0.4) is 0 Å². The van der Waals surface area contributed by atoms with E-state index in [0.717, 1.165) is 27.9 Å². The van der Waals surface area contributed by atoms with E-state index in [4.69, 9.17) is 11.6 Å². The molecule has 0 aliphatic rings.